The highest BCUT2D eigenvalue weighted by molar-refractivity contribution is 6.16. The molecule has 0 atom stereocenters. The second-order valence-corrected chi connectivity index (χ2v) is 1.44. The maximum absolute atomic E-state index is 7.00. The Morgan fingerprint density at radius 3 is 2.67 bits per heavy atom. The molecule has 0 aliphatic rings. The predicted octanol–water partition coefficient (Wildman–Crippen LogP) is 0.757. The van der Waals surface area contributed by atoms with Crippen LogP contribution in [0.1, 0.15) is 5.82 Å². The molecule has 0 unspecified atom stereocenters. The summed E-state index contributed by atoms with van der Waals surface area (Å²) in [4.78, 5) is 6.69. The number of alkyl halides is 1. The Kier molecular flexibility index (Phi) is 5.26. The first-order valence-corrected chi connectivity index (χ1v) is 2.96. The van der Waals surface area contributed by atoms with Gasteiger partial charge in [-0.2, -0.15) is 0 Å². The third-order valence-electron chi connectivity index (χ3n) is 0.681. The van der Waals surface area contributed by atoms with E-state index < -0.39 is 0 Å². The van der Waals surface area contributed by atoms with Gasteiger partial charge in [0.15, 0.2) is 0 Å². The van der Waals surface area contributed by atoms with Gasteiger partial charge in [-0.05, 0) is 0 Å². The van der Waals surface area contributed by atoms with E-state index in [0.717, 1.165) is 12.9 Å². The van der Waals surface area contributed by atoms with Crippen LogP contribution in [0.5, 0.6) is 0 Å². The first-order valence-electron chi connectivity index (χ1n) is 2.42. The monoisotopic (exact) mass is 148 g/mol. The fourth-order valence-corrected chi connectivity index (χ4v) is 0.517. The SMILES string of the molecule is CO.ClCc1ncc[nH]1. The Bertz CT molecular complexity index is 130. The quantitative estimate of drug-likeness (QED) is 0.578. The maximum atomic E-state index is 7.00. The fraction of sp³-hybridized carbons (Fsp3) is 0.400. The molecule has 0 saturated carbocycles. The molecule has 0 fully saturated rings. The summed E-state index contributed by atoms with van der Waals surface area (Å²) in [5.74, 6) is 1.29. The Balaban J connectivity index is 0.000000291. The third-order valence-corrected chi connectivity index (χ3v) is 0.935. The number of rotatable bonds is 1. The van der Waals surface area contributed by atoms with Crippen molar-refractivity contribution in [1.29, 1.82) is 0 Å². The van der Waals surface area contributed by atoms with Gasteiger partial charge in [0.25, 0.3) is 0 Å². The molecule has 1 aromatic heterocycles. The van der Waals surface area contributed by atoms with Crippen LogP contribution in [-0.2, 0) is 5.88 Å². The van der Waals surface area contributed by atoms with E-state index in [2.05, 4.69) is 9.97 Å². The minimum absolute atomic E-state index is 0.465. The zero-order valence-electron chi connectivity index (χ0n) is 5.13. The molecule has 0 aliphatic carbocycles. The molecule has 0 aliphatic heterocycles. The number of nitrogens with zero attached hydrogens (tertiary/aromatic N) is 1. The van der Waals surface area contributed by atoms with Gasteiger partial charge in [0.2, 0.25) is 0 Å². The normalized spacial score (nSPS) is 7.89. The molecule has 1 rings (SSSR count). The summed E-state index contributed by atoms with van der Waals surface area (Å²) in [5, 5.41) is 7.00. The lowest BCUT2D eigenvalue weighted by Gasteiger charge is -1.77. The van der Waals surface area contributed by atoms with Crippen molar-refractivity contribution in [3.8, 4) is 0 Å². The van der Waals surface area contributed by atoms with Crippen molar-refractivity contribution in [3.05, 3.63) is 18.2 Å². The summed E-state index contributed by atoms with van der Waals surface area (Å²) in [7, 11) is 1.00. The number of aliphatic hydroxyl groups is 1. The van der Waals surface area contributed by atoms with Crippen LogP contribution in [0.15, 0.2) is 12.4 Å². The van der Waals surface area contributed by atoms with E-state index in [4.69, 9.17) is 16.7 Å². The van der Waals surface area contributed by atoms with E-state index in [-0.39, 0.29) is 0 Å². The molecule has 2 N–H and O–H groups in total. The van der Waals surface area contributed by atoms with Crippen molar-refractivity contribution in [2.75, 3.05) is 7.11 Å². The average Bonchev–Trinajstić information content (AvgIpc) is 2.43. The molecular weight excluding hydrogens is 140 g/mol. The molecule has 52 valence electrons. The summed E-state index contributed by atoms with van der Waals surface area (Å²) >= 11 is 5.37. The van der Waals surface area contributed by atoms with Gasteiger partial charge in [0.05, 0.1) is 5.88 Å². The largest absolute Gasteiger partial charge is 0.400 e. The minimum Gasteiger partial charge on any atom is -0.400 e. The topological polar surface area (TPSA) is 48.9 Å². The van der Waals surface area contributed by atoms with Crippen molar-refractivity contribution in [3.63, 3.8) is 0 Å². The van der Waals surface area contributed by atoms with Crippen molar-refractivity contribution >= 4 is 11.6 Å². The number of hydrogen-bond donors (Lipinski definition) is 2. The van der Waals surface area contributed by atoms with Crippen LogP contribution < -0.4 is 0 Å². The number of aliphatic hydroxyl groups excluding tert-OH is 1. The molecule has 9 heavy (non-hydrogen) atoms. The Labute approximate surface area is 58.7 Å². The van der Waals surface area contributed by atoms with Gasteiger partial charge in [0, 0.05) is 19.5 Å². The molecule has 0 amide bonds. The van der Waals surface area contributed by atoms with E-state index in [1.165, 1.54) is 0 Å². The van der Waals surface area contributed by atoms with Gasteiger partial charge in [-0.25, -0.2) is 4.98 Å². The van der Waals surface area contributed by atoms with Crippen LogP contribution in [-0.4, -0.2) is 22.2 Å². The van der Waals surface area contributed by atoms with Gasteiger partial charge in [-0.3, -0.25) is 0 Å². The van der Waals surface area contributed by atoms with E-state index in [9.17, 15) is 0 Å². The van der Waals surface area contributed by atoms with Gasteiger partial charge >= 0.3 is 0 Å². The molecule has 1 heterocycles. The number of hydrogen-bond acceptors (Lipinski definition) is 2. The van der Waals surface area contributed by atoms with Crippen LogP contribution in [0.4, 0.5) is 0 Å². The smallest absolute Gasteiger partial charge is 0.120 e. The summed E-state index contributed by atoms with van der Waals surface area (Å²) in [6.45, 7) is 0. The summed E-state index contributed by atoms with van der Waals surface area (Å²) < 4.78 is 0. The fourth-order valence-electron chi connectivity index (χ4n) is 0.371. The molecule has 3 nitrogen and oxygen atoms in total. The summed E-state index contributed by atoms with van der Waals surface area (Å²) in [5.41, 5.74) is 0. The number of halogens is 1. The van der Waals surface area contributed by atoms with Crippen LogP contribution in [0.25, 0.3) is 0 Å². The molecule has 0 bridgehead atoms. The summed E-state index contributed by atoms with van der Waals surface area (Å²) in [6, 6.07) is 0. The molecule has 0 aromatic carbocycles. The Morgan fingerprint density at radius 1 is 1.78 bits per heavy atom. The number of imidazole rings is 1. The lowest BCUT2D eigenvalue weighted by atomic mass is 10.7. The van der Waals surface area contributed by atoms with Crippen molar-refractivity contribution in [2.24, 2.45) is 0 Å². The standard InChI is InChI=1S/C4H5ClN2.CH4O/c5-3-4-6-1-2-7-4;1-2/h1-2H,3H2,(H,6,7);2H,1H3. The Hall–Kier alpha value is -0.540. The minimum atomic E-state index is 0.465. The molecule has 4 heteroatoms. The number of H-pyrrole nitrogens is 1. The summed E-state index contributed by atoms with van der Waals surface area (Å²) in [6.07, 6.45) is 3.43. The van der Waals surface area contributed by atoms with E-state index >= 15 is 0 Å². The van der Waals surface area contributed by atoms with Gasteiger partial charge in [-0.15, -0.1) is 11.6 Å². The van der Waals surface area contributed by atoms with E-state index in [0.29, 0.717) is 5.88 Å². The van der Waals surface area contributed by atoms with Crippen LogP contribution in [0.3, 0.4) is 0 Å². The van der Waals surface area contributed by atoms with Crippen molar-refractivity contribution < 1.29 is 5.11 Å². The lowest BCUT2D eigenvalue weighted by molar-refractivity contribution is 0.399. The first-order chi connectivity index (χ1) is 4.43. The van der Waals surface area contributed by atoms with Crippen LogP contribution in [0, 0.1) is 0 Å². The highest BCUT2D eigenvalue weighted by Crippen LogP contribution is 1.91. The zero-order valence-corrected chi connectivity index (χ0v) is 5.89. The second kappa shape index (κ2) is 5.59. The molecule has 0 spiro atoms. The molecule has 0 saturated heterocycles. The van der Waals surface area contributed by atoms with E-state index in [1.807, 2.05) is 0 Å². The first kappa shape index (κ1) is 8.46. The highest BCUT2D eigenvalue weighted by atomic mass is 35.5. The lowest BCUT2D eigenvalue weighted by Crippen LogP contribution is -1.76. The number of aromatic amines is 1. The third kappa shape index (κ3) is 3.11. The highest BCUT2D eigenvalue weighted by Gasteiger charge is 1.84. The maximum Gasteiger partial charge on any atom is 0.120 e. The second-order valence-electron chi connectivity index (χ2n) is 1.17. The molecular formula is C5H9ClN2O. The van der Waals surface area contributed by atoms with Crippen LogP contribution in [0.2, 0.25) is 0 Å². The van der Waals surface area contributed by atoms with E-state index in [1.54, 1.807) is 12.4 Å². The molecule has 1 aromatic rings. The predicted molar refractivity (Wildman–Crippen MR) is 36.3 cm³/mol. The molecule has 0 radical (unpaired) electrons. The van der Waals surface area contributed by atoms with Gasteiger partial charge in [0.1, 0.15) is 5.82 Å². The van der Waals surface area contributed by atoms with Crippen molar-refractivity contribution in [1.82, 2.24) is 9.97 Å². The number of aromatic nitrogens is 2. The Morgan fingerprint density at radius 2 is 2.44 bits per heavy atom. The van der Waals surface area contributed by atoms with Crippen LogP contribution >= 0.6 is 11.6 Å². The average molecular weight is 149 g/mol. The van der Waals surface area contributed by atoms with Crippen molar-refractivity contribution in [2.45, 2.75) is 5.88 Å². The van der Waals surface area contributed by atoms with Gasteiger partial charge in [-0.1, -0.05) is 0 Å². The number of nitrogens with one attached hydrogen (secondary N) is 1. The van der Waals surface area contributed by atoms with Gasteiger partial charge < -0.3 is 10.1 Å². The zero-order chi connectivity index (χ0) is 7.11.